The second-order valence-electron chi connectivity index (χ2n) is 4.06. The molecule has 7 heteroatoms. The van der Waals surface area contributed by atoms with Gasteiger partial charge in [0, 0.05) is 0 Å². The van der Waals surface area contributed by atoms with Gasteiger partial charge in [0.2, 0.25) is 0 Å². The smallest absolute Gasteiger partial charge is 0.348 e. The predicted octanol–water partition coefficient (Wildman–Crippen LogP) is 1.03. The van der Waals surface area contributed by atoms with E-state index in [-0.39, 0.29) is 18.8 Å². The average molecular weight is 304 g/mol. The number of ether oxygens (including phenoxy) is 3. The minimum Gasteiger partial charge on any atom is -0.493 e. The number of hydrogen-bond donors (Lipinski definition) is 1. The summed E-state index contributed by atoms with van der Waals surface area (Å²) in [6.45, 7) is 1.56. The summed E-state index contributed by atoms with van der Waals surface area (Å²) in [7, 11) is 1.43. The van der Waals surface area contributed by atoms with Crippen LogP contribution in [0.5, 0.6) is 11.5 Å². The van der Waals surface area contributed by atoms with Gasteiger partial charge in [-0.25, -0.2) is 4.79 Å². The second kappa shape index (κ2) is 8.32. The van der Waals surface area contributed by atoms with Crippen molar-refractivity contribution < 1.29 is 23.8 Å². The van der Waals surface area contributed by atoms with Crippen molar-refractivity contribution in [3.63, 3.8) is 0 Å². The molecule has 0 saturated carbocycles. The molecule has 0 aromatic heterocycles. The molecule has 0 radical (unpaired) electrons. The summed E-state index contributed by atoms with van der Waals surface area (Å²) >= 11 is 0. The van der Waals surface area contributed by atoms with Crippen LogP contribution < -0.4 is 15.2 Å². The molecule has 0 heterocycles. The molecule has 0 saturated heterocycles. The van der Waals surface area contributed by atoms with Crippen molar-refractivity contribution >= 4 is 18.0 Å². The van der Waals surface area contributed by atoms with E-state index < -0.39 is 11.9 Å². The fourth-order valence-corrected chi connectivity index (χ4v) is 1.55. The number of hydrogen-bond acceptors (Lipinski definition) is 6. The molecular formula is C15H16N2O5. The van der Waals surface area contributed by atoms with Crippen LogP contribution >= 0.6 is 0 Å². The standard InChI is InChI=1S/C15H16N2O5/c1-3-21-15(19)11(8-16)6-10-4-5-12(13(7-10)20-2)22-9-14(17)18/h4-7H,3,9H2,1-2H3,(H2,17,18). The van der Waals surface area contributed by atoms with E-state index in [1.165, 1.54) is 13.2 Å². The Hall–Kier alpha value is -3.01. The van der Waals surface area contributed by atoms with Gasteiger partial charge in [0.05, 0.1) is 13.7 Å². The fourth-order valence-electron chi connectivity index (χ4n) is 1.55. The lowest BCUT2D eigenvalue weighted by Crippen LogP contribution is -2.20. The third-order valence-corrected chi connectivity index (χ3v) is 2.48. The molecule has 1 rings (SSSR count). The number of carbonyl (C=O) groups excluding carboxylic acids is 2. The van der Waals surface area contributed by atoms with Crippen LogP contribution in [0.3, 0.4) is 0 Å². The Balaban J connectivity index is 3.04. The Morgan fingerprint density at radius 2 is 2.09 bits per heavy atom. The first kappa shape index (κ1) is 17.0. The van der Waals surface area contributed by atoms with E-state index in [0.717, 1.165) is 0 Å². The summed E-state index contributed by atoms with van der Waals surface area (Å²) in [5, 5.41) is 8.98. The molecule has 22 heavy (non-hydrogen) atoms. The van der Waals surface area contributed by atoms with Gasteiger partial charge in [0.1, 0.15) is 11.6 Å². The largest absolute Gasteiger partial charge is 0.493 e. The van der Waals surface area contributed by atoms with Crippen LogP contribution in [-0.4, -0.2) is 32.2 Å². The first-order valence-electron chi connectivity index (χ1n) is 6.39. The molecule has 0 aliphatic heterocycles. The molecule has 1 aromatic rings. The van der Waals surface area contributed by atoms with Crippen LogP contribution in [0.2, 0.25) is 0 Å². The van der Waals surface area contributed by atoms with E-state index >= 15 is 0 Å². The molecule has 1 amide bonds. The van der Waals surface area contributed by atoms with Gasteiger partial charge in [0.15, 0.2) is 18.1 Å². The maximum atomic E-state index is 11.6. The molecule has 0 unspecified atom stereocenters. The molecule has 7 nitrogen and oxygen atoms in total. The van der Waals surface area contributed by atoms with Crippen molar-refractivity contribution in [2.24, 2.45) is 5.73 Å². The molecular weight excluding hydrogens is 288 g/mol. The predicted molar refractivity (Wildman–Crippen MR) is 77.9 cm³/mol. The van der Waals surface area contributed by atoms with E-state index in [4.69, 9.17) is 25.2 Å². The number of nitrogens with two attached hydrogens (primary N) is 1. The van der Waals surface area contributed by atoms with E-state index in [9.17, 15) is 9.59 Å². The lowest BCUT2D eigenvalue weighted by atomic mass is 10.1. The van der Waals surface area contributed by atoms with E-state index in [1.807, 2.05) is 0 Å². The summed E-state index contributed by atoms with van der Waals surface area (Å²) in [6.07, 6.45) is 1.37. The Kier molecular flexibility index (Phi) is 6.44. The van der Waals surface area contributed by atoms with Gasteiger partial charge in [-0.3, -0.25) is 4.79 Å². The molecule has 0 atom stereocenters. The first-order chi connectivity index (χ1) is 10.5. The highest BCUT2D eigenvalue weighted by molar-refractivity contribution is 5.97. The number of amides is 1. The van der Waals surface area contributed by atoms with Gasteiger partial charge in [0.25, 0.3) is 5.91 Å². The van der Waals surface area contributed by atoms with Crippen LogP contribution in [-0.2, 0) is 14.3 Å². The molecule has 0 aliphatic carbocycles. The Bertz CT molecular complexity index is 631. The first-order valence-corrected chi connectivity index (χ1v) is 6.39. The highest BCUT2D eigenvalue weighted by Gasteiger charge is 2.11. The highest BCUT2D eigenvalue weighted by atomic mass is 16.5. The highest BCUT2D eigenvalue weighted by Crippen LogP contribution is 2.28. The Morgan fingerprint density at radius 1 is 1.36 bits per heavy atom. The summed E-state index contributed by atoms with van der Waals surface area (Å²) in [6, 6.07) is 6.50. The summed E-state index contributed by atoms with van der Waals surface area (Å²) in [5.41, 5.74) is 5.42. The number of carbonyl (C=O) groups is 2. The van der Waals surface area contributed by atoms with Crippen LogP contribution in [0.25, 0.3) is 6.08 Å². The maximum absolute atomic E-state index is 11.6. The molecule has 116 valence electrons. The van der Waals surface area contributed by atoms with Crippen LogP contribution in [0.15, 0.2) is 23.8 Å². The number of primary amides is 1. The van der Waals surface area contributed by atoms with Gasteiger partial charge >= 0.3 is 5.97 Å². The van der Waals surface area contributed by atoms with Gasteiger partial charge in [-0.2, -0.15) is 5.26 Å². The summed E-state index contributed by atoms with van der Waals surface area (Å²) < 4.78 is 15.1. The van der Waals surface area contributed by atoms with Gasteiger partial charge in [-0.05, 0) is 30.7 Å². The van der Waals surface area contributed by atoms with Crippen LogP contribution in [0.4, 0.5) is 0 Å². The minimum absolute atomic E-state index is 0.130. The average Bonchev–Trinajstić information content (AvgIpc) is 2.50. The maximum Gasteiger partial charge on any atom is 0.348 e. The van der Waals surface area contributed by atoms with Crippen molar-refractivity contribution in [2.75, 3.05) is 20.3 Å². The zero-order valence-corrected chi connectivity index (χ0v) is 12.3. The zero-order valence-electron chi connectivity index (χ0n) is 12.3. The third-order valence-electron chi connectivity index (χ3n) is 2.48. The Morgan fingerprint density at radius 3 is 2.64 bits per heavy atom. The van der Waals surface area contributed by atoms with Crippen LogP contribution in [0.1, 0.15) is 12.5 Å². The van der Waals surface area contributed by atoms with Crippen molar-refractivity contribution in [3.8, 4) is 17.6 Å². The molecule has 2 N–H and O–H groups in total. The molecule has 0 fully saturated rings. The number of benzene rings is 1. The van der Waals surface area contributed by atoms with E-state index in [0.29, 0.717) is 17.1 Å². The van der Waals surface area contributed by atoms with E-state index in [1.54, 1.807) is 31.2 Å². The van der Waals surface area contributed by atoms with Gasteiger partial charge in [-0.1, -0.05) is 6.07 Å². The number of esters is 1. The number of rotatable bonds is 7. The Labute approximate surface area is 127 Å². The molecule has 0 aliphatic rings. The van der Waals surface area contributed by atoms with Crippen molar-refractivity contribution in [2.45, 2.75) is 6.92 Å². The van der Waals surface area contributed by atoms with Crippen molar-refractivity contribution in [3.05, 3.63) is 29.3 Å². The summed E-state index contributed by atoms with van der Waals surface area (Å²) in [5.74, 6) is -0.637. The number of methoxy groups -OCH3 is 1. The van der Waals surface area contributed by atoms with Gasteiger partial charge in [-0.15, -0.1) is 0 Å². The molecule has 0 bridgehead atoms. The number of nitrogens with zero attached hydrogens (tertiary/aromatic N) is 1. The van der Waals surface area contributed by atoms with E-state index in [2.05, 4.69) is 0 Å². The van der Waals surface area contributed by atoms with Crippen LogP contribution in [0, 0.1) is 11.3 Å². The molecule has 1 aromatic carbocycles. The normalized spacial score (nSPS) is 10.5. The van der Waals surface area contributed by atoms with Crippen molar-refractivity contribution in [1.29, 1.82) is 5.26 Å². The zero-order chi connectivity index (χ0) is 16.5. The lowest BCUT2D eigenvalue weighted by Gasteiger charge is -2.10. The number of nitriles is 1. The van der Waals surface area contributed by atoms with Gasteiger partial charge < -0.3 is 19.9 Å². The third kappa shape index (κ3) is 4.83. The summed E-state index contributed by atoms with van der Waals surface area (Å²) in [4.78, 5) is 22.3. The topological polar surface area (TPSA) is 112 Å². The second-order valence-corrected chi connectivity index (χ2v) is 4.06. The minimum atomic E-state index is -0.696. The monoisotopic (exact) mass is 304 g/mol. The quantitative estimate of drug-likeness (QED) is 0.457. The fraction of sp³-hybridized carbons (Fsp3) is 0.267. The SMILES string of the molecule is CCOC(=O)C(C#N)=Cc1ccc(OCC(N)=O)c(OC)c1. The molecule has 0 spiro atoms. The van der Waals surface area contributed by atoms with Crippen molar-refractivity contribution in [1.82, 2.24) is 0 Å². The lowest BCUT2D eigenvalue weighted by molar-refractivity contribution is -0.137.